The van der Waals surface area contributed by atoms with Gasteiger partial charge >= 0.3 is 11.9 Å². The van der Waals surface area contributed by atoms with E-state index in [9.17, 15) is 19.2 Å². The monoisotopic (exact) mass is 806 g/mol. The van der Waals surface area contributed by atoms with E-state index in [0.29, 0.717) is 48.9 Å². The highest BCUT2D eigenvalue weighted by molar-refractivity contribution is 6.12. The van der Waals surface area contributed by atoms with Crippen molar-refractivity contribution >= 4 is 45.3 Å². The van der Waals surface area contributed by atoms with Gasteiger partial charge in [0.15, 0.2) is 11.6 Å². The SMILES string of the molecule is Cc1nccn1CC1CC(OC(=O)/C=C\C(=O)OC2CC(Cn3ccnc3C)C(=O)c3c2n(CC2CCC2)c2ccccc32)c2c(c3ccccc3n2CC2CCC2)C1=O. The molecule has 0 bridgehead atoms. The topological polar surface area (TPSA) is 132 Å². The number of rotatable bonds is 12. The fourth-order valence-electron chi connectivity index (χ4n) is 10.1. The van der Waals surface area contributed by atoms with Crippen LogP contribution in [-0.2, 0) is 45.2 Å². The third-order valence-corrected chi connectivity index (χ3v) is 13.7. The molecular weight excluding hydrogens is 757 g/mol. The van der Waals surface area contributed by atoms with Crippen molar-refractivity contribution in [1.82, 2.24) is 28.2 Å². The van der Waals surface area contributed by atoms with Crippen LogP contribution in [0.4, 0.5) is 0 Å². The smallest absolute Gasteiger partial charge is 0.331 e. The van der Waals surface area contributed by atoms with Crippen molar-refractivity contribution in [3.63, 3.8) is 0 Å². The number of esters is 2. The number of benzene rings is 2. The number of para-hydroxylation sites is 2. The Morgan fingerprint density at radius 3 is 1.42 bits per heavy atom. The van der Waals surface area contributed by atoms with Crippen LogP contribution < -0.4 is 0 Å². The summed E-state index contributed by atoms with van der Waals surface area (Å²) in [7, 11) is 0. The molecule has 0 saturated heterocycles. The number of imidazole rings is 2. The number of hydrogen-bond acceptors (Lipinski definition) is 8. The summed E-state index contributed by atoms with van der Waals surface area (Å²) in [5.74, 6) is 0.374. The summed E-state index contributed by atoms with van der Waals surface area (Å²) in [4.78, 5) is 65.2. The summed E-state index contributed by atoms with van der Waals surface area (Å²) in [6.07, 6.45) is 15.5. The van der Waals surface area contributed by atoms with Crippen LogP contribution >= 0.6 is 0 Å². The Labute approximate surface area is 348 Å². The van der Waals surface area contributed by atoms with Crippen LogP contribution in [0.15, 0.2) is 85.5 Å². The van der Waals surface area contributed by atoms with Gasteiger partial charge in [-0.25, -0.2) is 19.6 Å². The van der Waals surface area contributed by atoms with Gasteiger partial charge in [-0.1, -0.05) is 49.2 Å². The number of hydrogen-bond donors (Lipinski definition) is 0. The fourth-order valence-corrected chi connectivity index (χ4v) is 10.1. The van der Waals surface area contributed by atoms with Gasteiger partial charge in [0.05, 0.1) is 22.5 Å². The Balaban J connectivity index is 0.943. The zero-order chi connectivity index (χ0) is 41.1. The van der Waals surface area contributed by atoms with E-state index < -0.39 is 36.0 Å². The summed E-state index contributed by atoms with van der Waals surface area (Å²) in [5.41, 5.74) is 4.61. The van der Waals surface area contributed by atoms with Gasteiger partial charge in [-0.05, 0) is 63.5 Å². The van der Waals surface area contributed by atoms with Crippen molar-refractivity contribution in [1.29, 1.82) is 0 Å². The molecule has 60 heavy (non-hydrogen) atoms. The molecule has 2 fully saturated rings. The van der Waals surface area contributed by atoms with E-state index in [1.54, 1.807) is 12.4 Å². The summed E-state index contributed by atoms with van der Waals surface area (Å²) in [5, 5.41) is 1.73. The molecule has 4 heterocycles. The van der Waals surface area contributed by atoms with Crippen LogP contribution in [0.25, 0.3) is 21.8 Å². The standard InChI is InChI=1S/C48H50N6O6/c1-29-49-19-21-51(29)27-33-23-39(45-43(47(33)57)35-13-3-5-15-37(35)53(45)25-31-9-7-10-31)59-41(55)17-18-42(56)60-40-24-34(28-52-22-20-50-30(52)2)48(58)44-36-14-4-6-16-38(36)54(46(40)44)26-32-11-8-12-32/h3-6,13-22,31-34,39-40H,7-12,23-28H2,1-2H3/b18-17-. The van der Waals surface area contributed by atoms with E-state index in [0.717, 1.165) is 95.8 Å². The molecule has 6 aromatic rings. The molecule has 4 aliphatic rings. The maximum absolute atomic E-state index is 14.4. The summed E-state index contributed by atoms with van der Waals surface area (Å²) in [6, 6.07) is 15.9. The van der Waals surface area contributed by atoms with Crippen molar-refractivity contribution in [3.05, 3.63) is 120 Å². The first-order chi connectivity index (χ1) is 29.2. The summed E-state index contributed by atoms with van der Waals surface area (Å²) in [6.45, 7) is 6.13. The summed E-state index contributed by atoms with van der Waals surface area (Å²) < 4.78 is 20.9. The number of ketones is 2. The molecule has 12 nitrogen and oxygen atoms in total. The molecule has 4 aromatic heterocycles. The first kappa shape index (κ1) is 38.2. The number of carbonyl (C=O) groups is 4. The Morgan fingerprint density at radius 2 is 1.05 bits per heavy atom. The third-order valence-electron chi connectivity index (χ3n) is 13.7. The summed E-state index contributed by atoms with van der Waals surface area (Å²) >= 11 is 0. The van der Waals surface area contributed by atoms with E-state index in [1.165, 1.54) is 12.8 Å². The van der Waals surface area contributed by atoms with Gasteiger partial charge in [0, 0.05) is 110 Å². The fraction of sp³-hybridized carbons (Fsp3) is 0.417. The van der Waals surface area contributed by atoms with E-state index in [1.807, 2.05) is 83.9 Å². The minimum Gasteiger partial charge on any atom is -0.453 e. The number of aromatic nitrogens is 6. The molecule has 0 amide bonds. The largest absolute Gasteiger partial charge is 0.453 e. The normalized spacial score (nSPS) is 21.9. The number of nitrogens with zero attached hydrogens (tertiary/aromatic N) is 6. The molecule has 4 atom stereocenters. The van der Waals surface area contributed by atoms with E-state index in [4.69, 9.17) is 9.47 Å². The van der Waals surface area contributed by atoms with Crippen LogP contribution in [0.3, 0.4) is 0 Å². The first-order valence-electron chi connectivity index (χ1n) is 21.6. The molecule has 0 radical (unpaired) electrons. The van der Waals surface area contributed by atoms with Gasteiger partial charge in [0.25, 0.3) is 0 Å². The Morgan fingerprint density at radius 1 is 0.633 bits per heavy atom. The Kier molecular flexibility index (Phi) is 9.88. The molecule has 2 saturated carbocycles. The maximum Gasteiger partial charge on any atom is 0.331 e. The van der Waals surface area contributed by atoms with Crippen LogP contribution in [-0.4, -0.2) is 51.7 Å². The molecule has 2 aromatic carbocycles. The van der Waals surface area contributed by atoms with Gasteiger partial charge in [-0.15, -0.1) is 0 Å². The maximum atomic E-state index is 14.4. The van der Waals surface area contributed by atoms with E-state index >= 15 is 0 Å². The predicted octanol–water partition coefficient (Wildman–Crippen LogP) is 8.44. The third kappa shape index (κ3) is 6.79. The lowest BCUT2D eigenvalue weighted by molar-refractivity contribution is -0.147. The highest BCUT2D eigenvalue weighted by atomic mass is 16.5. The van der Waals surface area contributed by atoms with Crippen LogP contribution in [0.1, 0.15) is 107 Å². The molecule has 0 spiro atoms. The predicted molar refractivity (Wildman–Crippen MR) is 224 cm³/mol. The average molecular weight is 807 g/mol. The van der Waals surface area contributed by atoms with E-state index in [2.05, 4.69) is 19.1 Å². The molecular formula is C48H50N6O6. The minimum absolute atomic E-state index is 0.0367. The molecule has 308 valence electrons. The Hall–Kier alpha value is -6.04. The van der Waals surface area contributed by atoms with Crippen molar-refractivity contribution in [2.75, 3.05) is 0 Å². The van der Waals surface area contributed by atoms with E-state index in [-0.39, 0.29) is 11.6 Å². The van der Waals surface area contributed by atoms with Gasteiger partial charge < -0.3 is 27.7 Å². The lowest BCUT2D eigenvalue weighted by Crippen LogP contribution is -2.33. The quantitative estimate of drug-likeness (QED) is 0.0890. The number of aryl methyl sites for hydroxylation is 2. The molecule has 10 rings (SSSR count). The molecule has 0 aliphatic heterocycles. The second-order valence-corrected chi connectivity index (χ2v) is 17.4. The van der Waals surface area contributed by atoms with Crippen molar-refractivity contribution in [2.24, 2.45) is 23.7 Å². The van der Waals surface area contributed by atoms with Gasteiger partial charge in [-0.3, -0.25) is 9.59 Å². The number of carbonyl (C=O) groups excluding carboxylic acids is 4. The number of Topliss-reactive ketones (excluding diaryl/α,β-unsaturated/α-hetero) is 2. The highest BCUT2D eigenvalue weighted by Crippen LogP contribution is 2.45. The van der Waals surface area contributed by atoms with Crippen LogP contribution in [0.5, 0.6) is 0 Å². The molecule has 12 heteroatoms. The van der Waals surface area contributed by atoms with Crippen LogP contribution in [0, 0.1) is 37.5 Å². The van der Waals surface area contributed by atoms with Crippen LogP contribution in [0.2, 0.25) is 0 Å². The van der Waals surface area contributed by atoms with Gasteiger partial charge in [0.1, 0.15) is 23.9 Å². The van der Waals surface area contributed by atoms with Gasteiger partial charge in [-0.2, -0.15) is 0 Å². The lowest BCUT2D eigenvalue weighted by Gasteiger charge is -2.32. The zero-order valence-corrected chi connectivity index (χ0v) is 34.2. The highest BCUT2D eigenvalue weighted by Gasteiger charge is 2.43. The first-order valence-corrected chi connectivity index (χ1v) is 21.6. The average Bonchev–Trinajstić information content (AvgIpc) is 3.98. The van der Waals surface area contributed by atoms with Gasteiger partial charge in [0.2, 0.25) is 0 Å². The van der Waals surface area contributed by atoms with Crippen molar-refractivity contribution in [2.45, 2.75) is 104 Å². The lowest BCUT2D eigenvalue weighted by atomic mass is 9.82. The van der Waals surface area contributed by atoms with Crippen molar-refractivity contribution < 1.29 is 28.7 Å². The number of ether oxygens (including phenoxy) is 2. The van der Waals surface area contributed by atoms with Crippen molar-refractivity contribution in [3.8, 4) is 0 Å². The minimum atomic E-state index is -0.714. The second-order valence-electron chi connectivity index (χ2n) is 17.4. The Bertz CT molecular complexity index is 2500. The molecule has 4 unspecified atom stereocenters. The second kappa shape index (κ2) is 15.5. The molecule has 0 N–H and O–H groups in total. The zero-order valence-electron chi connectivity index (χ0n) is 34.2. The molecule has 4 aliphatic carbocycles. The number of fused-ring (bicyclic) bond motifs is 6.